The second-order valence-electron chi connectivity index (χ2n) is 5.99. The maximum Gasteiger partial charge on any atom is 0.260 e. The van der Waals surface area contributed by atoms with Crippen molar-refractivity contribution >= 4 is 44.2 Å². The van der Waals surface area contributed by atoms with Gasteiger partial charge in [0.2, 0.25) is 0 Å². The van der Waals surface area contributed by atoms with Gasteiger partial charge in [-0.05, 0) is 48.0 Å². The number of hydrogen-bond donors (Lipinski definition) is 0. The lowest BCUT2D eigenvalue weighted by atomic mass is 10.1. The van der Waals surface area contributed by atoms with E-state index in [9.17, 15) is 9.18 Å². The zero-order valence-electron chi connectivity index (χ0n) is 14.1. The van der Waals surface area contributed by atoms with Crippen LogP contribution in [-0.4, -0.2) is 10.9 Å². The average molecular weight is 397 g/mol. The summed E-state index contributed by atoms with van der Waals surface area (Å²) in [6, 6.07) is 20.9. The van der Waals surface area contributed by atoms with Gasteiger partial charge in [-0.1, -0.05) is 53.3 Å². The van der Waals surface area contributed by atoms with E-state index in [0.29, 0.717) is 32.5 Å². The van der Waals surface area contributed by atoms with E-state index in [-0.39, 0.29) is 11.7 Å². The fourth-order valence-corrected chi connectivity index (χ4v) is 3.86. The van der Waals surface area contributed by atoms with Crippen molar-refractivity contribution in [3.05, 3.63) is 94.8 Å². The minimum atomic E-state index is -0.323. The van der Waals surface area contributed by atoms with Gasteiger partial charge in [0.15, 0.2) is 5.13 Å². The van der Waals surface area contributed by atoms with Crippen LogP contribution in [0.25, 0.3) is 10.2 Å². The highest BCUT2D eigenvalue weighted by Gasteiger charge is 2.22. The van der Waals surface area contributed by atoms with Gasteiger partial charge < -0.3 is 0 Å². The van der Waals surface area contributed by atoms with Gasteiger partial charge in [0.1, 0.15) is 5.82 Å². The second kappa shape index (κ2) is 7.47. The van der Waals surface area contributed by atoms with Crippen LogP contribution >= 0.6 is 22.9 Å². The Labute approximate surface area is 164 Å². The number of aromatic nitrogens is 1. The summed E-state index contributed by atoms with van der Waals surface area (Å²) >= 11 is 7.23. The number of nitrogens with zero attached hydrogens (tertiary/aromatic N) is 2. The van der Waals surface area contributed by atoms with Gasteiger partial charge in [0.05, 0.1) is 16.8 Å². The van der Waals surface area contributed by atoms with Crippen molar-refractivity contribution in [3.63, 3.8) is 0 Å². The quantitative estimate of drug-likeness (QED) is 0.428. The average Bonchev–Trinajstić information content (AvgIpc) is 3.10. The minimum Gasteiger partial charge on any atom is -0.279 e. The Morgan fingerprint density at radius 1 is 1.04 bits per heavy atom. The van der Waals surface area contributed by atoms with Crippen LogP contribution in [0.1, 0.15) is 15.9 Å². The first kappa shape index (κ1) is 17.6. The molecule has 0 saturated carbocycles. The minimum absolute atomic E-state index is 0.185. The Balaban J connectivity index is 1.76. The second-order valence-corrected chi connectivity index (χ2v) is 7.44. The van der Waals surface area contributed by atoms with E-state index in [0.717, 1.165) is 5.56 Å². The van der Waals surface area contributed by atoms with Crippen molar-refractivity contribution in [2.75, 3.05) is 4.90 Å². The first-order valence-corrected chi connectivity index (χ1v) is 9.47. The number of fused-ring (bicyclic) bond motifs is 1. The van der Waals surface area contributed by atoms with Crippen molar-refractivity contribution in [3.8, 4) is 0 Å². The van der Waals surface area contributed by atoms with E-state index in [1.54, 1.807) is 35.2 Å². The molecular formula is C21H14ClFN2OS. The molecule has 1 aromatic heterocycles. The van der Waals surface area contributed by atoms with E-state index in [1.807, 2.05) is 30.3 Å². The van der Waals surface area contributed by atoms with Crippen LogP contribution < -0.4 is 4.90 Å². The van der Waals surface area contributed by atoms with E-state index >= 15 is 0 Å². The number of anilines is 1. The predicted molar refractivity (Wildman–Crippen MR) is 108 cm³/mol. The Hall–Kier alpha value is -2.76. The van der Waals surface area contributed by atoms with Crippen molar-refractivity contribution in [2.45, 2.75) is 6.54 Å². The van der Waals surface area contributed by atoms with Crippen molar-refractivity contribution in [2.24, 2.45) is 0 Å². The molecule has 3 nitrogen and oxygen atoms in total. The summed E-state index contributed by atoms with van der Waals surface area (Å²) in [4.78, 5) is 19.3. The summed E-state index contributed by atoms with van der Waals surface area (Å²) in [5.41, 5.74) is 2.16. The van der Waals surface area contributed by atoms with Crippen molar-refractivity contribution in [1.82, 2.24) is 4.98 Å². The lowest BCUT2D eigenvalue weighted by Crippen LogP contribution is -2.30. The molecule has 1 heterocycles. The molecule has 0 aliphatic rings. The number of carbonyl (C=O) groups is 1. The van der Waals surface area contributed by atoms with E-state index in [1.165, 1.54) is 23.5 Å². The summed E-state index contributed by atoms with van der Waals surface area (Å²) < 4.78 is 14.2. The first-order valence-electron chi connectivity index (χ1n) is 8.27. The zero-order chi connectivity index (χ0) is 18.8. The molecular weight excluding hydrogens is 383 g/mol. The van der Waals surface area contributed by atoms with Gasteiger partial charge in [0.25, 0.3) is 5.91 Å². The molecule has 0 spiro atoms. The molecule has 0 saturated heterocycles. The molecule has 1 amide bonds. The summed E-state index contributed by atoms with van der Waals surface area (Å²) in [6.45, 7) is 0.366. The third-order valence-electron chi connectivity index (χ3n) is 4.09. The highest BCUT2D eigenvalue weighted by Crippen LogP contribution is 2.31. The van der Waals surface area contributed by atoms with E-state index in [2.05, 4.69) is 4.98 Å². The Kier molecular flexibility index (Phi) is 4.88. The number of rotatable bonds is 4. The molecule has 0 radical (unpaired) electrons. The van der Waals surface area contributed by atoms with E-state index < -0.39 is 0 Å². The molecule has 4 rings (SSSR count). The third kappa shape index (κ3) is 3.84. The summed E-state index contributed by atoms with van der Waals surface area (Å²) in [6.07, 6.45) is 0. The largest absolute Gasteiger partial charge is 0.279 e. The number of carbonyl (C=O) groups excluding carboxylic acids is 1. The topological polar surface area (TPSA) is 33.2 Å². The molecule has 0 bridgehead atoms. The zero-order valence-corrected chi connectivity index (χ0v) is 15.7. The van der Waals surface area contributed by atoms with Gasteiger partial charge in [-0.2, -0.15) is 0 Å². The molecule has 0 fully saturated rings. The number of amides is 1. The highest BCUT2D eigenvalue weighted by atomic mass is 35.5. The lowest BCUT2D eigenvalue weighted by Gasteiger charge is -2.20. The number of benzene rings is 3. The molecule has 27 heavy (non-hydrogen) atoms. The Morgan fingerprint density at radius 2 is 1.78 bits per heavy atom. The lowest BCUT2D eigenvalue weighted by molar-refractivity contribution is 0.0985. The van der Waals surface area contributed by atoms with Gasteiger partial charge in [0, 0.05) is 10.6 Å². The van der Waals surface area contributed by atoms with Gasteiger partial charge in [-0.3, -0.25) is 9.69 Å². The van der Waals surface area contributed by atoms with E-state index in [4.69, 9.17) is 11.6 Å². The molecule has 0 unspecified atom stereocenters. The molecule has 4 aromatic rings. The summed E-state index contributed by atoms with van der Waals surface area (Å²) in [5, 5.41) is 1.09. The Morgan fingerprint density at radius 3 is 2.52 bits per heavy atom. The number of thiazole rings is 1. The van der Waals surface area contributed by atoms with Crippen LogP contribution in [0.4, 0.5) is 9.52 Å². The monoisotopic (exact) mass is 396 g/mol. The van der Waals surface area contributed by atoms with Gasteiger partial charge >= 0.3 is 0 Å². The van der Waals surface area contributed by atoms with Gasteiger partial charge in [-0.15, -0.1) is 0 Å². The summed E-state index contributed by atoms with van der Waals surface area (Å²) in [7, 11) is 0. The molecule has 0 atom stereocenters. The molecule has 0 aliphatic carbocycles. The predicted octanol–water partition coefficient (Wildman–Crippen LogP) is 5.94. The molecule has 0 aliphatic heterocycles. The smallest absolute Gasteiger partial charge is 0.260 e. The van der Waals surface area contributed by atoms with Crippen molar-refractivity contribution < 1.29 is 9.18 Å². The molecule has 0 N–H and O–H groups in total. The van der Waals surface area contributed by atoms with Crippen LogP contribution in [0.3, 0.4) is 0 Å². The highest BCUT2D eigenvalue weighted by molar-refractivity contribution is 7.22. The maximum atomic E-state index is 13.5. The standard InChI is InChI=1S/C21H14ClFN2OS/c22-16-8-6-15(7-9-16)20(26)25(13-14-4-2-1-3-5-14)21-24-18-11-10-17(23)12-19(18)27-21/h1-12H,13H2. The summed E-state index contributed by atoms with van der Waals surface area (Å²) in [5.74, 6) is -0.508. The van der Waals surface area contributed by atoms with Gasteiger partial charge in [-0.25, -0.2) is 9.37 Å². The molecule has 6 heteroatoms. The fraction of sp³-hybridized carbons (Fsp3) is 0.0476. The number of halogens is 2. The van der Waals surface area contributed by atoms with Crippen molar-refractivity contribution in [1.29, 1.82) is 0 Å². The van der Waals surface area contributed by atoms with Crippen LogP contribution in [0, 0.1) is 5.82 Å². The molecule has 3 aromatic carbocycles. The maximum absolute atomic E-state index is 13.5. The fourth-order valence-electron chi connectivity index (χ4n) is 2.74. The molecule has 134 valence electrons. The number of hydrogen-bond acceptors (Lipinski definition) is 3. The normalized spacial score (nSPS) is 10.9. The van der Waals surface area contributed by atoms with Crippen LogP contribution in [0.15, 0.2) is 72.8 Å². The van der Waals surface area contributed by atoms with Crippen LogP contribution in [0.2, 0.25) is 5.02 Å². The van der Waals surface area contributed by atoms with Crippen LogP contribution in [0.5, 0.6) is 0 Å². The first-order chi connectivity index (χ1) is 13.1. The van der Waals surface area contributed by atoms with Crippen LogP contribution in [-0.2, 0) is 6.54 Å². The SMILES string of the molecule is O=C(c1ccc(Cl)cc1)N(Cc1ccccc1)c1nc2ccc(F)cc2s1. The third-order valence-corrected chi connectivity index (χ3v) is 5.38. The Bertz CT molecular complexity index is 1100.